The third-order valence-electron chi connectivity index (χ3n) is 5.11. The summed E-state index contributed by atoms with van der Waals surface area (Å²) in [5.74, 6) is -2.70. The lowest BCUT2D eigenvalue weighted by molar-refractivity contribution is 0.583. The summed E-state index contributed by atoms with van der Waals surface area (Å²) >= 11 is 0. The van der Waals surface area contributed by atoms with Crippen LogP contribution in [0.5, 0.6) is 0 Å². The smallest absolute Gasteiger partial charge is 0.138 e. The van der Waals surface area contributed by atoms with Gasteiger partial charge in [0.1, 0.15) is 23.3 Å². The van der Waals surface area contributed by atoms with Crippen molar-refractivity contribution in [1.82, 2.24) is 0 Å². The normalized spacial score (nSPS) is 11.1. The number of hydrogen-bond acceptors (Lipinski definition) is 0. The Labute approximate surface area is 172 Å². The van der Waals surface area contributed by atoms with Crippen LogP contribution in [0.25, 0.3) is 33.0 Å². The van der Waals surface area contributed by atoms with E-state index in [1.54, 1.807) is 24.3 Å². The maximum atomic E-state index is 15.2. The van der Waals surface area contributed by atoms with Crippen molar-refractivity contribution in [3.05, 3.63) is 108 Å². The summed E-state index contributed by atoms with van der Waals surface area (Å²) in [7, 11) is 0. The molecule has 0 bridgehead atoms. The fourth-order valence-electron chi connectivity index (χ4n) is 3.61. The Morgan fingerprint density at radius 2 is 1.43 bits per heavy atom. The van der Waals surface area contributed by atoms with Gasteiger partial charge in [0.05, 0.1) is 0 Å². The van der Waals surface area contributed by atoms with E-state index in [0.29, 0.717) is 10.9 Å². The molecular weight excluding hydrogens is 388 g/mol. The van der Waals surface area contributed by atoms with Gasteiger partial charge < -0.3 is 0 Å². The topological polar surface area (TPSA) is 0 Å². The van der Waals surface area contributed by atoms with Gasteiger partial charge >= 0.3 is 0 Å². The molecule has 0 heterocycles. The second-order valence-electron chi connectivity index (χ2n) is 7.16. The van der Waals surface area contributed by atoms with Gasteiger partial charge in [-0.15, -0.1) is 6.58 Å². The Bertz CT molecular complexity index is 1240. The maximum absolute atomic E-state index is 15.2. The summed E-state index contributed by atoms with van der Waals surface area (Å²) in [6.07, 6.45) is 3.51. The zero-order valence-corrected chi connectivity index (χ0v) is 16.1. The summed E-state index contributed by atoms with van der Waals surface area (Å²) in [6, 6.07) is 15.9. The molecule has 150 valence electrons. The van der Waals surface area contributed by atoms with Gasteiger partial charge in [-0.1, -0.05) is 48.5 Å². The molecule has 4 rings (SSSR count). The molecule has 30 heavy (non-hydrogen) atoms. The van der Waals surface area contributed by atoms with Gasteiger partial charge in [-0.25, -0.2) is 17.6 Å². The van der Waals surface area contributed by atoms with Gasteiger partial charge in [-0.05, 0) is 53.1 Å². The van der Waals surface area contributed by atoms with E-state index in [1.165, 1.54) is 12.1 Å². The average Bonchev–Trinajstić information content (AvgIpc) is 2.71. The van der Waals surface area contributed by atoms with Crippen molar-refractivity contribution in [2.24, 2.45) is 0 Å². The summed E-state index contributed by atoms with van der Waals surface area (Å²) in [5.41, 5.74) is 1.83. The zero-order chi connectivity index (χ0) is 21.3. The van der Waals surface area contributed by atoms with Crippen LogP contribution in [0.4, 0.5) is 17.6 Å². The first kappa shape index (κ1) is 19.9. The van der Waals surface area contributed by atoms with Gasteiger partial charge in [-0.3, -0.25) is 0 Å². The highest BCUT2D eigenvalue weighted by atomic mass is 19.1. The Hall–Kier alpha value is -3.40. The van der Waals surface area contributed by atoms with E-state index in [4.69, 9.17) is 0 Å². The number of allylic oxidation sites excluding steroid dienone is 1. The van der Waals surface area contributed by atoms with Gasteiger partial charge in [0.15, 0.2) is 0 Å². The van der Waals surface area contributed by atoms with Crippen molar-refractivity contribution < 1.29 is 17.6 Å². The predicted molar refractivity (Wildman–Crippen MR) is 113 cm³/mol. The number of aryl methyl sites for hydroxylation is 1. The monoisotopic (exact) mass is 406 g/mol. The van der Waals surface area contributed by atoms with Gasteiger partial charge in [0, 0.05) is 22.6 Å². The number of benzene rings is 4. The van der Waals surface area contributed by atoms with Gasteiger partial charge in [0.25, 0.3) is 0 Å². The molecule has 0 aliphatic rings. The molecular formula is C26H18F4. The molecule has 0 aromatic heterocycles. The van der Waals surface area contributed by atoms with E-state index in [0.717, 1.165) is 42.0 Å². The largest absolute Gasteiger partial charge is 0.207 e. The molecule has 0 N–H and O–H groups in total. The highest BCUT2D eigenvalue weighted by Gasteiger charge is 2.14. The van der Waals surface area contributed by atoms with Crippen LogP contribution in [0, 0.1) is 23.3 Å². The van der Waals surface area contributed by atoms with Crippen molar-refractivity contribution >= 4 is 10.8 Å². The van der Waals surface area contributed by atoms with Crippen LogP contribution < -0.4 is 0 Å². The molecule has 0 fully saturated rings. The molecule has 0 radical (unpaired) electrons. The average molecular weight is 406 g/mol. The van der Waals surface area contributed by atoms with Crippen LogP contribution in [-0.2, 0) is 6.42 Å². The zero-order valence-electron chi connectivity index (χ0n) is 16.1. The standard InChI is InChI=1S/C26H18F4/c1-2-3-4-16-5-8-23-17(11-16)7-10-24(26(23)30)18-6-9-22(25(29)14-18)19-12-20(27)15-21(28)13-19/h2,5-15H,1,3-4H2. The lowest BCUT2D eigenvalue weighted by Gasteiger charge is -2.11. The lowest BCUT2D eigenvalue weighted by Crippen LogP contribution is -1.92. The summed E-state index contributed by atoms with van der Waals surface area (Å²) in [6.45, 7) is 3.71. The quantitative estimate of drug-likeness (QED) is 0.234. The summed E-state index contributed by atoms with van der Waals surface area (Å²) in [5, 5.41) is 1.22. The van der Waals surface area contributed by atoms with Crippen molar-refractivity contribution in [1.29, 1.82) is 0 Å². The molecule has 0 nitrogen and oxygen atoms in total. The lowest BCUT2D eigenvalue weighted by atomic mass is 9.96. The Balaban J connectivity index is 1.74. The Morgan fingerprint density at radius 3 is 2.13 bits per heavy atom. The van der Waals surface area contributed by atoms with Crippen LogP contribution in [0.1, 0.15) is 12.0 Å². The minimum atomic E-state index is -0.790. The van der Waals surface area contributed by atoms with Crippen molar-refractivity contribution in [3.8, 4) is 22.3 Å². The molecule has 0 saturated heterocycles. The van der Waals surface area contributed by atoms with E-state index in [9.17, 15) is 13.2 Å². The number of rotatable bonds is 5. The minimum Gasteiger partial charge on any atom is -0.207 e. The highest BCUT2D eigenvalue weighted by Crippen LogP contribution is 2.33. The van der Waals surface area contributed by atoms with E-state index < -0.39 is 23.3 Å². The first-order valence-electron chi connectivity index (χ1n) is 9.54. The van der Waals surface area contributed by atoms with E-state index in [1.807, 2.05) is 18.2 Å². The third kappa shape index (κ3) is 3.86. The summed E-state index contributed by atoms with van der Waals surface area (Å²) in [4.78, 5) is 0. The molecule has 0 aliphatic heterocycles. The maximum Gasteiger partial charge on any atom is 0.138 e. The van der Waals surface area contributed by atoms with Gasteiger partial charge in [0.2, 0.25) is 0 Å². The highest BCUT2D eigenvalue weighted by molar-refractivity contribution is 5.89. The van der Waals surface area contributed by atoms with Crippen LogP contribution >= 0.6 is 0 Å². The molecule has 0 atom stereocenters. The SMILES string of the molecule is C=CCCc1ccc2c(F)c(-c3ccc(-c4cc(F)cc(F)c4)c(F)c3)ccc2c1. The second kappa shape index (κ2) is 8.15. The molecule has 4 heteroatoms. The fraction of sp³-hybridized carbons (Fsp3) is 0.0769. The summed E-state index contributed by atoms with van der Waals surface area (Å²) < 4.78 is 56.8. The first-order valence-corrected chi connectivity index (χ1v) is 9.54. The third-order valence-corrected chi connectivity index (χ3v) is 5.11. The fourth-order valence-corrected chi connectivity index (χ4v) is 3.61. The minimum absolute atomic E-state index is 0.0465. The molecule has 0 aliphatic carbocycles. The Morgan fingerprint density at radius 1 is 0.700 bits per heavy atom. The van der Waals surface area contributed by atoms with Crippen LogP contribution in [-0.4, -0.2) is 0 Å². The molecule has 0 spiro atoms. The molecule has 0 amide bonds. The van der Waals surface area contributed by atoms with E-state index in [2.05, 4.69) is 6.58 Å². The predicted octanol–water partition coefficient (Wildman–Crippen LogP) is 7.85. The van der Waals surface area contributed by atoms with E-state index in [-0.39, 0.29) is 16.7 Å². The number of halogens is 4. The van der Waals surface area contributed by atoms with Crippen LogP contribution in [0.15, 0.2) is 79.4 Å². The van der Waals surface area contributed by atoms with Crippen LogP contribution in [0.3, 0.4) is 0 Å². The Kier molecular flexibility index (Phi) is 5.40. The molecule has 0 saturated carbocycles. The first-order chi connectivity index (χ1) is 14.5. The molecule has 0 unspecified atom stereocenters. The second-order valence-corrected chi connectivity index (χ2v) is 7.16. The van der Waals surface area contributed by atoms with Crippen molar-refractivity contribution in [3.63, 3.8) is 0 Å². The van der Waals surface area contributed by atoms with Crippen molar-refractivity contribution in [2.45, 2.75) is 12.8 Å². The van der Waals surface area contributed by atoms with Gasteiger partial charge in [-0.2, -0.15) is 0 Å². The van der Waals surface area contributed by atoms with Crippen molar-refractivity contribution in [2.75, 3.05) is 0 Å². The molecule has 4 aromatic carbocycles. The van der Waals surface area contributed by atoms with Crippen LogP contribution in [0.2, 0.25) is 0 Å². The number of hydrogen-bond donors (Lipinski definition) is 0. The number of fused-ring (bicyclic) bond motifs is 1. The van der Waals surface area contributed by atoms with E-state index >= 15 is 4.39 Å². The molecule has 4 aromatic rings.